The van der Waals surface area contributed by atoms with Crippen molar-refractivity contribution in [2.24, 2.45) is 0 Å². The predicted octanol–water partition coefficient (Wildman–Crippen LogP) is 5.13. The molecule has 0 aliphatic carbocycles. The monoisotopic (exact) mass is 478 g/mol. The highest BCUT2D eigenvalue weighted by molar-refractivity contribution is 7.89. The molecule has 0 saturated carbocycles. The molecule has 0 atom stereocenters. The molecule has 1 aliphatic heterocycles. The summed E-state index contributed by atoms with van der Waals surface area (Å²) in [5.74, 6) is -1.65. The fourth-order valence-corrected chi connectivity index (χ4v) is 5.46. The summed E-state index contributed by atoms with van der Waals surface area (Å²) in [5.41, 5.74) is 1.90. The summed E-state index contributed by atoms with van der Waals surface area (Å²) in [6, 6.07) is 15.2. The average Bonchev–Trinajstić information content (AvgIpc) is 2.72. The van der Waals surface area contributed by atoms with Gasteiger partial charge in [0.15, 0.2) is 0 Å². The number of hydrogen-bond donors (Lipinski definition) is 1. The van der Waals surface area contributed by atoms with Gasteiger partial charge in [-0.1, -0.05) is 47.5 Å². The van der Waals surface area contributed by atoms with E-state index in [1.807, 2.05) is 24.3 Å². The minimum absolute atomic E-state index is 0.150. The van der Waals surface area contributed by atoms with E-state index in [0.717, 1.165) is 29.3 Å². The van der Waals surface area contributed by atoms with Gasteiger partial charge in [0.25, 0.3) is 5.91 Å². The molecule has 31 heavy (non-hydrogen) atoms. The molecule has 1 N–H and O–H groups in total. The zero-order valence-electron chi connectivity index (χ0n) is 16.1. The molecule has 0 radical (unpaired) electrons. The lowest BCUT2D eigenvalue weighted by atomic mass is 10.0. The fraction of sp³-hybridized carbons (Fsp3) is 0.136. The van der Waals surface area contributed by atoms with Crippen molar-refractivity contribution in [2.75, 3.05) is 11.9 Å². The van der Waals surface area contributed by atoms with E-state index in [9.17, 15) is 17.6 Å². The zero-order valence-corrected chi connectivity index (χ0v) is 18.4. The fourth-order valence-electron chi connectivity index (χ4n) is 3.49. The van der Waals surface area contributed by atoms with E-state index >= 15 is 0 Å². The number of halogens is 3. The van der Waals surface area contributed by atoms with Crippen molar-refractivity contribution < 1.29 is 17.6 Å². The average molecular weight is 479 g/mol. The van der Waals surface area contributed by atoms with Crippen LogP contribution < -0.4 is 5.32 Å². The maximum atomic E-state index is 14.4. The first kappa shape index (κ1) is 21.8. The van der Waals surface area contributed by atoms with E-state index < -0.39 is 27.3 Å². The van der Waals surface area contributed by atoms with Crippen LogP contribution in [0.15, 0.2) is 65.6 Å². The van der Waals surface area contributed by atoms with Gasteiger partial charge in [0.1, 0.15) is 5.82 Å². The summed E-state index contributed by atoms with van der Waals surface area (Å²) in [6.07, 6.45) is 0.583. The topological polar surface area (TPSA) is 66.5 Å². The van der Waals surface area contributed by atoms with Crippen molar-refractivity contribution in [1.29, 1.82) is 0 Å². The molecular weight excluding hydrogens is 462 g/mol. The lowest BCUT2D eigenvalue weighted by Gasteiger charge is -2.28. The summed E-state index contributed by atoms with van der Waals surface area (Å²) < 4.78 is 42.1. The van der Waals surface area contributed by atoms with E-state index in [4.69, 9.17) is 23.2 Å². The van der Waals surface area contributed by atoms with Crippen LogP contribution in [0.1, 0.15) is 21.5 Å². The van der Waals surface area contributed by atoms with E-state index in [0.29, 0.717) is 23.0 Å². The largest absolute Gasteiger partial charge is 0.322 e. The molecule has 3 aromatic rings. The maximum Gasteiger partial charge on any atom is 0.258 e. The molecule has 160 valence electrons. The highest BCUT2D eigenvalue weighted by Crippen LogP contribution is 2.27. The number of anilines is 1. The summed E-state index contributed by atoms with van der Waals surface area (Å²) in [6.45, 7) is 0.525. The van der Waals surface area contributed by atoms with E-state index in [1.54, 1.807) is 0 Å². The number of carbonyl (C=O) groups excluding carboxylic acids is 1. The Hall–Kier alpha value is -2.45. The van der Waals surface area contributed by atoms with Gasteiger partial charge in [0, 0.05) is 28.8 Å². The third kappa shape index (κ3) is 4.60. The van der Waals surface area contributed by atoms with Gasteiger partial charge in [0.2, 0.25) is 10.0 Å². The van der Waals surface area contributed by atoms with Crippen LogP contribution >= 0.6 is 23.2 Å². The second-order valence-electron chi connectivity index (χ2n) is 7.11. The number of hydrogen-bond acceptors (Lipinski definition) is 3. The molecule has 0 bridgehead atoms. The Morgan fingerprint density at radius 3 is 2.35 bits per heavy atom. The standard InChI is InChI=1S/C22H17Cl2FN2O3S/c23-16-9-17(24)11-18(10-16)26-22(28)20-12-19(5-6-21(20)25)31(29,30)27-8-7-14-3-1-2-4-15(14)13-27/h1-6,9-12H,7-8,13H2,(H,26,28). The molecule has 0 fully saturated rings. The van der Waals surface area contributed by atoms with Crippen LogP contribution in [0.25, 0.3) is 0 Å². The SMILES string of the molecule is O=C(Nc1cc(Cl)cc(Cl)c1)c1cc(S(=O)(=O)N2CCc3ccccc3C2)ccc1F. The number of amides is 1. The summed E-state index contributed by atoms with van der Waals surface area (Å²) >= 11 is 11.8. The Morgan fingerprint density at radius 2 is 1.65 bits per heavy atom. The third-order valence-electron chi connectivity index (χ3n) is 5.04. The van der Waals surface area contributed by atoms with Gasteiger partial charge in [-0.05, 0) is 53.9 Å². The Balaban J connectivity index is 1.62. The Kier molecular flexibility index (Phi) is 6.03. The van der Waals surface area contributed by atoms with Gasteiger partial charge >= 0.3 is 0 Å². The van der Waals surface area contributed by atoms with E-state index in [-0.39, 0.29) is 17.1 Å². The summed E-state index contributed by atoms with van der Waals surface area (Å²) in [4.78, 5) is 12.5. The first-order valence-electron chi connectivity index (χ1n) is 9.38. The van der Waals surface area contributed by atoms with Crippen LogP contribution in [0.4, 0.5) is 10.1 Å². The predicted molar refractivity (Wildman–Crippen MR) is 119 cm³/mol. The van der Waals surface area contributed by atoms with E-state index in [1.165, 1.54) is 22.5 Å². The maximum absolute atomic E-state index is 14.4. The van der Waals surface area contributed by atoms with Gasteiger partial charge < -0.3 is 5.32 Å². The quantitative estimate of drug-likeness (QED) is 0.564. The molecule has 0 aromatic heterocycles. The van der Waals surface area contributed by atoms with Gasteiger partial charge in [0.05, 0.1) is 10.5 Å². The third-order valence-corrected chi connectivity index (χ3v) is 7.31. The lowest BCUT2D eigenvalue weighted by Crippen LogP contribution is -2.36. The van der Waals surface area contributed by atoms with Crippen LogP contribution in [0, 0.1) is 5.82 Å². The van der Waals surface area contributed by atoms with Crippen LogP contribution in [0.3, 0.4) is 0 Å². The second kappa shape index (κ2) is 8.59. The highest BCUT2D eigenvalue weighted by atomic mass is 35.5. The summed E-state index contributed by atoms with van der Waals surface area (Å²) in [7, 11) is -3.92. The first-order chi connectivity index (χ1) is 14.7. The van der Waals surface area contributed by atoms with Crippen LogP contribution in [0.5, 0.6) is 0 Å². The number of sulfonamides is 1. The molecule has 1 heterocycles. The molecule has 0 saturated heterocycles. The molecule has 4 rings (SSSR count). The first-order valence-corrected chi connectivity index (χ1v) is 11.6. The van der Waals surface area contributed by atoms with E-state index in [2.05, 4.69) is 5.32 Å². The van der Waals surface area contributed by atoms with Gasteiger partial charge in [-0.25, -0.2) is 12.8 Å². The number of carbonyl (C=O) groups is 1. The van der Waals surface area contributed by atoms with Crippen LogP contribution in [0.2, 0.25) is 10.0 Å². The molecule has 1 aliphatic rings. The lowest BCUT2D eigenvalue weighted by molar-refractivity contribution is 0.102. The van der Waals surface area contributed by atoms with Gasteiger partial charge in [-0.15, -0.1) is 0 Å². The smallest absolute Gasteiger partial charge is 0.258 e. The van der Waals surface area contributed by atoms with Gasteiger partial charge in [-0.3, -0.25) is 4.79 Å². The zero-order chi connectivity index (χ0) is 22.2. The normalized spacial score (nSPS) is 14.2. The minimum Gasteiger partial charge on any atom is -0.322 e. The van der Waals surface area contributed by atoms with Crippen LogP contribution in [-0.4, -0.2) is 25.2 Å². The van der Waals surface area contributed by atoms with Crippen molar-refractivity contribution in [3.63, 3.8) is 0 Å². The summed E-state index contributed by atoms with van der Waals surface area (Å²) in [5, 5.41) is 3.09. The number of rotatable bonds is 4. The highest BCUT2D eigenvalue weighted by Gasteiger charge is 2.29. The van der Waals surface area contributed by atoms with Gasteiger partial charge in [-0.2, -0.15) is 4.31 Å². The number of nitrogens with zero attached hydrogens (tertiary/aromatic N) is 1. The molecule has 9 heteroatoms. The number of nitrogens with one attached hydrogen (secondary N) is 1. The van der Waals surface area contributed by atoms with Crippen molar-refractivity contribution in [3.8, 4) is 0 Å². The van der Waals surface area contributed by atoms with Crippen LogP contribution in [-0.2, 0) is 23.0 Å². The second-order valence-corrected chi connectivity index (χ2v) is 9.92. The minimum atomic E-state index is -3.92. The molecule has 3 aromatic carbocycles. The molecule has 5 nitrogen and oxygen atoms in total. The molecular formula is C22H17Cl2FN2O3S. The molecule has 0 spiro atoms. The number of benzene rings is 3. The van der Waals surface area contributed by atoms with Crippen molar-refractivity contribution in [3.05, 3.63) is 93.2 Å². The van der Waals surface area contributed by atoms with Crippen molar-refractivity contribution in [1.82, 2.24) is 4.31 Å². The number of fused-ring (bicyclic) bond motifs is 1. The Labute approximate surface area is 189 Å². The van der Waals surface area contributed by atoms with Crippen molar-refractivity contribution >= 4 is 44.8 Å². The Morgan fingerprint density at radius 1 is 0.968 bits per heavy atom. The van der Waals surface area contributed by atoms with Crippen molar-refractivity contribution in [2.45, 2.75) is 17.9 Å². The molecule has 1 amide bonds. The molecule has 0 unspecified atom stereocenters. The Bertz CT molecular complexity index is 1260.